The molecule has 148 valence electrons. The second kappa shape index (κ2) is 12.8. The van der Waals surface area contributed by atoms with Crippen LogP contribution in [0.4, 0.5) is 0 Å². The first-order valence-corrected chi connectivity index (χ1v) is 10.0. The summed E-state index contributed by atoms with van der Waals surface area (Å²) in [5.74, 6) is 1.84. The Bertz CT molecular complexity index is 483. The molecule has 0 radical (unpaired) electrons. The number of nitrogens with one attached hydrogen (secondary N) is 2. The van der Waals surface area contributed by atoms with Crippen LogP contribution in [0.5, 0.6) is 0 Å². The minimum Gasteiger partial charge on any atom is -0.469 e. The van der Waals surface area contributed by atoms with E-state index in [0.717, 1.165) is 63.7 Å². The normalized spacial score (nSPS) is 18.3. The Kier molecular flexibility index (Phi) is 10.2. The van der Waals surface area contributed by atoms with Crippen LogP contribution in [0.3, 0.4) is 0 Å². The average Bonchev–Trinajstić information content (AvgIpc) is 3.16. The first kappa shape index (κ1) is 20.8. The molecule has 0 spiro atoms. The summed E-state index contributed by atoms with van der Waals surface area (Å²) >= 11 is 0. The summed E-state index contributed by atoms with van der Waals surface area (Å²) in [6.07, 6.45) is 8.75. The van der Waals surface area contributed by atoms with Crippen LogP contribution in [0.15, 0.2) is 27.8 Å². The van der Waals surface area contributed by atoms with Gasteiger partial charge in [-0.05, 0) is 58.1 Å². The highest BCUT2D eigenvalue weighted by Gasteiger charge is 2.13. The molecule has 0 saturated carbocycles. The fourth-order valence-electron chi connectivity index (χ4n) is 2.83. The van der Waals surface area contributed by atoms with Gasteiger partial charge in [-0.1, -0.05) is 0 Å². The SMILES string of the molecule is CC(C)OCCCCNC(=NCC1CCCCO1)NCCc1ccco1. The van der Waals surface area contributed by atoms with Crippen LogP contribution in [-0.4, -0.2) is 51.0 Å². The number of furan rings is 1. The van der Waals surface area contributed by atoms with Crippen LogP contribution in [-0.2, 0) is 15.9 Å². The molecule has 0 bridgehead atoms. The topological polar surface area (TPSA) is 68.0 Å². The predicted octanol–water partition coefficient (Wildman–Crippen LogP) is 3.13. The van der Waals surface area contributed by atoms with E-state index in [9.17, 15) is 0 Å². The molecule has 0 aliphatic carbocycles. The first-order valence-electron chi connectivity index (χ1n) is 10.0. The van der Waals surface area contributed by atoms with Gasteiger partial charge in [0.15, 0.2) is 5.96 Å². The molecule has 26 heavy (non-hydrogen) atoms. The lowest BCUT2D eigenvalue weighted by Crippen LogP contribution is -2.40. The summed E-state index contributed by atoms with van der Waals surface area (Å²) in [6.45, 7) is 8.21. The molecule has 2 heterocycles. The molecule has 2 rings (SSSR count). The van der Waals surface area contributed by atoms with Crippen molar-refractivity contribution in [2.45, 2.75) is 64.6 Å². The van der Waals surface area contributed by atoms with Crippen molar-refractivity contribution >= 4 is 5.96 Å². The molecule has 0 amide bonds. The molecule has 1 aliphatic rings. The van der Waals surface area contributed by atoms with Crippen LogP contribution in [0, 0.1) is 0 Å². The van der Waals surface area contributed by atoms with E-state index in [2.05, 4.69) is 24.5 Å². The number of hydrogen-bond donors (Lipinski definition) is 2. The summed E-state index contributed by atoms with van der Waals surface area (Å²) < 4.78 is 16.7. The number of unbranched alkanes of at least 4 members (excludes halogenated alkanes) is 1. The maximum absolute atomic E-state index is 5.78. The summed E-state index contributed by atoms with van der Waals surface area (Å²) in [7, 11) is 0. The third-order valence-corrected chi connectivity index (χ3v) is 4.29. The van der Waals surface area contributed by atoms with E-state index in [1.807, 2.05) is 12.1 Å². The van der Waals surface area contributed by atoms with E-state index >= 15 is 0 Å². The lowest BCUT2D eigenvalue weighted by molar-refractivity contribution is 0.0224. The van der Waals surface area contributed by atoms with Crippen molar-refractivity contribution in [3.63, 3.8) is 0 Å². The lowest BCUT2D eigenvalue weighted by Gasteiger charge is -2.21. The molecule has 1 fully saturated rings. The number of nitrogens with zero attached hydrogens (tertiary/aromatic N) is 1. The monoisotopic (exact) mass is 365 g/mol. The maximum atomic E-state index is 5.78. The van der Waals surface area contributed by atoms with E-state index in [1.54, 1.807) is 6.26 Å². The van der Waals surface area contributed by atoms with Crippen LogP contribution >= 0.6 is 0 Å². The second-order valence-electron chi connectivity index (χ2n) is 6.99. The molecule has 1 aromatic rings. The minimum atomic E-state index is 0.256. The number of ether oxygens (including phenoxy) is 2. The second-order valence-corrected chi connectivity index (χ2v) is 6.99. The molecule has 1 aliphatic heterocycles. The summed E-state index contributed by atoms with van der Waals surface area (Å²) in [6, 6.07) is 3.92. The van der Waals surface area contributed by atoms with Gasteiger partial charge in [0.25, 0.3) is 0 Å². The van der Waals surface area contributed by atoms with E-state index in [0.29, 0.717) is 12.6 Å². The average molecular weight is 366 g/mol. The molecule has 1 atom stereocenters. The third-order valence-electron chi connectivity index (χ3n) is 4.29. The Balaban J connectivity index is 1.70. The third kappa shape index (κ3) is 9.25. The summed E-state index contributed by atoms with van der Waals surface area (Å²) in [4.78, 5) is 4.72. The van der Waals surface area contributed by atoms with Crippen LogP contribution in [0.25, 0.3) is 0 Å². The van der Waals surface area contributed by atoms with Crippen LogP contribution < -0.4 is 10.6 Å². The fourth-order valence-corrected chi connectivity index (χ4v) is 2.83. The Hall–Kier alpha value is -1.53. The molecule has 0 aromatic carbocycles. The molecule has 6 nitrogen and oxygen atoms in total. The van der Waals surface area contributed by atoms with E-state index < -0.39 is 0 Å². The molecular formula is C20H35N3O3. The van der Waals surface area contributed by atoms with Crippen LogP contribution in [0.2, 0.25) is 0 Å². The van der Waals surface area contributed by atoms with Crippen molar-refractivity contribution in [1.29, 1.82) is 0 Å². The van der Waals surface area contributed by atoms with Gasteiger partial charge in [-0.15, -0.1) is 0 Å². The number of guanidine groups is 1. The van der Waals surface area contributed by atoms with Gasteiger partial charge in [-0.25, -0.2) is 0 Å². The lowest BCUT2D eigenvalue weighted by atomic mass is 10.1. The maximum Gasteiger partial charge on any atom is 0.191 e. The Morgan fingerprint density at radius 3 is 2.88 bits per heavy atom. The largest absolute Gasteiger partial charge is 0.469 e. The molecule has 1 saturated heterocycles. The van der Waals surface area contributed by atoms with Gasteiger partial charge in [0.05, 0.1) is 25.0 Å². The fraction of sp³-hybridized carbons (Fsp3) is 0.750. The van der Waals surface area contributed by atoms with E-state index in [4.69, 9.17) is 18.9 Å². The van der Waals surface area contributed by atoms with Gasteiger partial charge in [0.1, 0.15) is 5.76 Å². The zero-order valence-corrected chi connectivity index (χ0v) is 16.3. The Morgan fingerprint density at radius 1 is 1.27 bits per heavy atom. The van der Waals surface area contributed by atoms with Gasteiger partial charge >= 0.3 is 0 Å². The molecule has 1 aromatic heterocycles. The van der Waals surface area contributed by atoms with Crippen molar-refractivity contribution < 1.29 is 13.9 Å². The zero-order valence-electron chi connectivity index (χ0n) is 16.3. The van der Waals surface area contributed by atoms with Crippen molar-refractivity contribution in [3.05, 3.63) is 24.2 Å². The highest BCUT2D eigenvalue weighted by atomic mass is 16.5. The number of rotatable bonds is 11. The van der Waals surface area contributed by atoms with Crippen molar-refractivity contribution in [1.82, 2.24) is 10.6 Å². The minimum absolute atomic E-state index is 0.256. The van der Waals surface area contributed by atoms with Gasteiger partial charge in [-0.2, -0.15) is 0 Å². The van der Waals surface area contributed by atoms with Crippen LogP contribution in [0.1, 0.15) is 51.7 Å². The van der Waals surface area contributed by atoms with Gasteiger partial charge < -0.3 is 24.5 Å². The zero-order chi connectivity index (χ0) is 18.5. The molecular weight excluding hydrogens is 330 g/mol. The van der Waals surface area contributed by atoms with Gasteiger partial charge in [0, 0.05) is 32.7 Å². The number of hydrogen-bond acceptors (Lipinski definition) is 4. The highest BCUT2D eigenvalue weighted by Crippen LogP contribution is 2.12. The highest BCUT2D eigenvalue weighted by molar-refractivity contribution is 5.79. The molecule has 6 heteroatoms. The quantitative estimate of drug-likeness (QED) is 0.358. The van der Waals surface area contributed by atoms with E-state index in [-0.39, 0.29) is 6.10 Å². The van der Waals surface area contributed by atoms with Crippen molar-refractivity contribution in [2.75, 3.05) is 32.8 Å². The van der Waals surface area contributed by atoms with E-state index in [1.165, 1.54) is 12.8 Å². The standard InChI is InChI=1S/C20H35N3O3/c1-17(2)24-13-6-4-11-21-20(22-12-10-18-9-7-15-25-18)23-16-19-8-3-5-14-26-19/h7,9,15,17,19H,3-6,8,10-14,16H2,1-2H3,(H2,21,22,23). The van der Waals surface area contributed by atoms with Gasteiger partial charge in [-0.3, -0.25) is 4.99 Å². The summed E-state index contributed by atoms with van der Waals surface area (Å²) in [5, 5.41) is 6.82. The van der Waals surface area contributed by atoms with Gasteiger partial charge in [0.2, 0.25) is 0 Å². The van der Waals surface area contributed by atoms with Crippen molar-refractivity contribution in [2.24, 2.45) is 4.99 Å². The van der Waals surface area contributed by atoms with Crippen molar-refractivity contribution in [3.8, 4) is 0 Å². The molecule has 1 unspecified atom stereocenters. The predicted molar refractivity (Wildman–Crippen MR) is 105 cm³/mol. The number of aliphatic imine (C=N–C) groups is 1. The Morgan fingerprint density at radius 2 is 2.15 bits per heavy atom. The smallest absolute Gasteiger partial charge is 0.191 e. The first-order chi connectivity index (χ1) is 12.7. The Labute approximate surface area is 157 Å². The molecule has 2 N–H and O–H groups in total. The summed E-state index contributed by atoms with van der Waals surface area (Å²) in [5.41, 5.74) is 0.